The molecule has 0 spiro atoms. The Labute approximate surface area is 196 Å². The van der Waals surface area contributed by atoms with Crippen molar-refractivity contribution in [1.82, 2.24) is 0 Å². The van der Waals surface area contributed by atoms with Gasteiger partial charge in [-0.15, -0.1) is 0 Å². The maximum Gasteiger partial charge on any atom is 0.234 e. The molecule has 2 aliphatic carbocycles. The molecule has 1 N–H and O–H groups in total. The predicted octanol–water partition coefficient (Wildman–Crippen LogP) is 7.57. The molecule has 2 fully saturated rings. The van der Waals surface area contributed by atoms with Crippen molar-refractivity contribution >= 4 is 7.37 Å². The number of aryl methyl sites for hydroxylation is 1. The minimum atomic E-state index is -3.93. The maximum atomic E-state index is 15.5. The summed E-state index contributed by atoms with van der Waals surface area (Å²) in [6, 6.07) is 12.7. The molecule has 0 amide bonds. The summed E-state index contributed by atoms with van der Waals surface area (Å²) in [5, 5.41) is -2.17. The van der Waals surface area contributed by atoms with E-state index in [0.717, 1.165) is 61.9 Å². The molecule has 2 aromatic carbocycles. The van der Waals surface area contributed by atoms with Crippen molar-refractivity contribution in [2.24, 2.45) is 11.8 Å². The van der Waals surface area contributed by atoms with Gasteiger partial charge in [-0.05, 0) is 99.5 Å². The summed E-state index contributed by atoms with van der Waals surface area (Å²) in [5.41, 5.74) is 2.65. The molecule has 33 heavy (non-hydrogen) atoms. The monoisotopic (exact) mass is 476 g/mol. The highest BCUT2D eigenvalue weighted by Crippen LogP contribution is 2.64. The lowest BCUT2D eigenvalue weighted by atomic mass is 9.78. The topological polar surface area (TPSA) is 46.5 Å². The van der Waals surface area contributed by atoms with Crippen LogP contribution in [0, 0.1) is 24.6 Å². The standard InChI is InChI=1S/C27H35F2O3P/c1-18-7-14-25(28)24(15-18)20-10-8-19(9-11-20)17-32-23-6-4-5-22(16-23)26(21-12-13-21)27(2,29)33(3,30)31/h4-7,14-16,19-21,26H,8-13,17H2,1-3H3,(H,30,31)/t19?,20?,26-,27-/m0/s1. The van der Waals surface area contributed by atoms with Gasteiger partial charge in [0.1, 0.15) is 11.6 Å². The van der Waals surface area contributed by atoms with Crippen LogP contribution in [0.5, 0.6) is 5.75 Å². The fraction of sp³-hybridized carbons (Fsp3) is 0.556. The van der Waals surface area contributed by atoms with E-state index in [1.54, 1.807) is 6.07 Å². The number of hydrogen-bond donors (Lipinski definition) is 1. The molecule has 6 heteroatoms. The van der Waals surface area contributed by atoms with E-state index in [1.807, 2.05) is 43.3 Å². The van der Waals surface area contributed by atoms with Crippen LogP contribution in [-0.4, -0.2) is 23.6 Å². The molecule has 180 valence electrons. The lowest BCUT2D eigenvalue weighted by Crippen LogP contribution is -2.29. The van der Waals surface area contributed by atoms with E-state index >= 15 is 4.39 Å². The van der Waals surface area contributed by atoms with Crippen LogP contribution in [0.1, 0.15) is 74.0 Å². The number of hydrogen-bond acceptors (Lipinski definition) is 2. The van der Waals surface area contributed by atoms with Crippen LogP contribution in [0.15, 0.2) is 42.5 Å². The van der Waals surface area contributed by atoms with Gasteiger partial charge in [0.15, 0.2) is 5.41 Å². The average molecular weight is 477 g/mol. The highest BCUT2D eigenvalue weighted by Gasteiger charge is 2.53. The van der Waals surface area contributed by atoms with Gasteiger partial charge in [0.05, 0.1) is 6.61 Å². The highest BCUT2D eigenvalue weighted by atomic mass is 31.2. The summed E-state index contributed by atoms with van der Waals surface area (Å²) in [7, 11) is -3.93. The van der Waals surface area contributed by atoms with Crippen molar-refractivity contribution in [1.29, 1.82) is 0 Å². The minimum Gasteiger partial charge on any atom is -0.493 e. The van der Waals surface area contributed by atoms with Crippen molar-refractivity contribution in [3.05, 3.63) is 65.0 Å². The Hall–Kier alpha value is -1.71. The van der Waals surface area contributed by atoms with Crippen molar-refractivity contribution in [3.8, 4) is 5.75 Å². The van der Waals surface area contributed by atoms with Crippen LogP contribution in [0.3, 0.4) is 0 Å². The summed E-state index contributed by atoms with van der Waals surface area (Å²) in [6.45, 7) is 4.94. The van der Waals surface area contributed by atoms with E-state index in [-0.39, 0.29) is 17.7 Å². The van der Waals surface area contributed by atoms with Crippen LogP contribution in [0.2, 0.25) is 0 Å². The van der Waals surface area contributed by atoms with Gasteiger partial charge in [-0.2, -0.15) is 0 Å². The number of halogens is 2. The van der Waals surface area contributed by atoms with Crippen LogP contribution >= 0.6 is 7.37 Å². The van der Waals surface area contributed by atoms with Gasteiger partial charge in [-0.3, -0.25) is 4.57 Å². The second-order valence-corrected chi connectivity index (χ2v) is 13.0. The molecule has 1 unspecified atom stereocenters. The third-order valence-electron chi connectivity index (χ3n) is 7.61. The molecule has 0 aromatic heterocycles. The first kappa shape index (κ1) is 24.4. The normalized spacial score (nSPS) is 25.6. The summed E-state index contributed by atoms with van der Waals surface area (Å²) >= 11 is 0. The van der Waals surface area contributed by atoms with E-state index in [4.69, 9.17) is 4.74 Å². The molecule has 3 atom stereocenters. The zero-order chi connectivity index (χ0) is 23.8. The highest BCUT2D eigenvalue weighted by molar-refractivity contribution is 7.58. The molecule has 0 heterocycles. The minimum absolute atomic E-state index is 0.0907. The maximum absolute atomic E-state index is 15.5. The molecule has 3 nitrogen and oxygen atoms in total. The van der Waals surface area contributed by atoms with Crippen LogP contribution in [0.4, 0.5) is 8.78 Å². The van der Waals surface area contributed by atoms with Crippen LogP contribution < -0.4 is 4.74 Å². The van der Waals surface area contributed by atoms with Gasteiger partial charge in [-0.25, -0.2) is 8.78 Å². The fourth-order valence-corrected chi connectivity index (χ4v) is 6.20. The molecule has 2 aromatic rings. The largest absolute Gasteiger partial charge is 0.493 e. The number of benzene rings is 2. The fourth-order valence-electron chi connectivity index (χ4n) is 5.32. The van der Waals surface area contributed by atoms with E-state index in [0.29, 0.717) is 18.3 Å². The first-order valence-electron chi connectivity index (χ1n) is 12.0. The van der Waals surface area contributed by atoms with E-state index in [2.05, 4.69) is 0 Å². The third-order valence-corrected chi connectivity index (χ3v) is 9.51. The molecule has 4 rings (SSSR count). The second-order valence-electron chi connectivity index (χ2n) is 10.3. The quantitative estimate of drug-likeness (QED) is 0.400. The van der Waals surface area contributed by atoms with Gasteiger partial charge in [0.2, 0.25) is 7.37 Å². The number of rotatable bonds is 8. The van der Waals surface area contributed by atoms with Crippen LogP contribution in [0.25, 0.3) is 0 Å². The second kappa shape index (κ2) is 9.50. The Morgan fingerprint density at radius 1 is 1.12 bits per heavy atom. The molecule has 0 bridgehead atoms. The SMILES string of the molecule is Cc1ccc(F)c(C2CCC(COc3cccc([C@H](C4CC4)[C@@](C)(F)P(C)(=O)O)c3)CC2)c1. The molecule has 0 radical (unpaired) electrons. The lowest BCUT2D eigenvalue weighted by Gasteiger charge is -2.33. The van der Waals surface area contributed by atoms with Crippen molar-refractivity contribution in [2.75, 3.05) is 13.3 Å². The van der Waals surface area contributed by atoms with Gasteiger partial charge in [0.25, 0.3) is 0 Å². The van der Waals surface area contributed by atoms with Gasteiger partial charge in [-0.1, -0.05) is 29.8 Å². The van der Waals surface area contributed by atoms with E-state index < -0.39 is 18.7 Å². The molecule has 2 aliphatic rings. The number of ether oxygens (including phenoxy) is 1. The molecule has 0 aliphatic heterocycles. The Morgan fingerprint density at radius 3 is 2.45 bits per heavy atom. The van der Waals surface area contributed by atoms with Gasteiger partial charge in [0, 0.05) is 12.6 Å². The van der Waals surface area contributed by atoms with Gasteiger partial charge < -0.3 is 9.63 Å². The average Bonchev–Trinajstić information content (AvgIpc) is 3.59. The molecule has 0 saturated heterocycles. The summed E-state index contributed by atoms with van der Waals surface area (Å²) < 4.78 is 48.1. The molecular weight excluding hydrogens is 441 g/mol. The molecular formula is C27H35F2O3P. The zero-order valence-corrected chi connectivity index (χ0v) is 20.7. The zero-order valence-electron chi connectivity index (χ0n) is 19.8. The Kier molecular flexibility index (Phi) is 7.03. The molecule has 2 saturated carbocycles. The Bertz CT molecular complexity index is 1020. The van der Waals surface area contributed by atoms with E-state index in [1.165, 1.54) is 6.92 Å². The Balaban J connectivity index is 1.38. The lowest BCUT2D eigenvalue weighted by molar-refractivity contribution is 0.196. The number of alkyl halides is 1. The van der Waals surface area contributed by atoms with E-state index in [9.17, 15) is 13.8 Å². The van der Waals surface area contributed by atoms with Crippen molar-refractivity contribution in [2.45, 2.75) is 69.6 Å². The summed E-state index contributed by atoms with van der Waals surface area (Å²) in [4.78, 5) is 10.1. The smallest absolute Gasteiger partial charge is 0.234 e. The van der Waals surface area contributed by atoms with Gasteiger partial charge >= 0.3 is 0 Å². The van der Waals surface area contributed by atoms with Crippen molar-refractivity contribution < 1.29 is 23.0 Å². The first-order valence-corrected chi connectivity index (χ1v) is 14.1. The van der Waals surface area contributed by atoms with Crippen LogP contribution in [-0.2, 0) is 4.57 Å². The summed E-state index contributed by atoms with van der Waals surface area (Å²) in [5.74, 6) is 0.701. The third kappa shape index (κ3) is 5.52. The predicted molar refractivity (Wildman–Crippen MR) is 129 cm³/mol. The van der Waals surface area contributed by atoms with Crippen molar-refractivity contribution in [3.63, 3.8) is 0 Å². The first-order chi connectivity index (χ1) is 15.6. The Morgan fingerprint density at radius 2 is 1.82 bits per heavy atom. The summed E-state index contributed by atoms with van der Waals surface area (Å²) in [6.07, 6.45) is 5.60.